The number of nitrogens with zero attached hydrogens (tertiary/aromatic N) is 7. The molecule has 0 spiro atoms. The molecule has 1 atom stereocenters. The molecule has 5 rings (SSSR count). The Morgan fingerprint density at radius 2 is 2.02 bits per heavy atom. The Labute approximate surface area is 241 Å². The van der Waals surface area contributed by atoms with Gasteiger partial charge in [0, 0.05) is 31.4 Å². The number of thiophene rings is 1. The number of carbonyl (C=O) groups is 1. The molecule has 40 heavy (non-hydrogen) atoms. The van der Waals surface area contributed by atoms with Crippen LogP contribution in [-0.4, -0.2) is 82.3 Å². The number of pyridine rings is 1. The highest BCUT2D eigenvalue weighted by atomic mass is 35.5. The summed E-state index contributed by atoms with van der Waals surface area (Å²) in [5, 5.41) is 7.50. The van der Waals surface area contributed by atoms with Gasteiger partial charge in [0.15, 0.2) is 17.5 Å². The van der Waals surface area contributed by atoms with Crippen LogP contribution in [0, 0.1) is 6.92 Å². The van der Waals surface area contributed by atoms with Crippen LogP contribution in [0.25, 0.3) is 4.96 Å². The molecule has 5 heterocycles. The smallest absolute Gasteiger partial charge is 0.405 e. The van der Waals surface area contributed by atoms with Crippen molar-refractivity contribution >= 4 is 51.0 Å². The van der Waals surface area contributed by atoms with Gasteiger partial charge in [-0.25, -0.2) is 14.5 Å². The topological polar surface area (TPSA) is 79.1 Å². The minimum atomic E-state index is -4.39. The van der Waals surface area contributed by atoms with Crippen LogP contribution in [0.1, 0.15) is 32.9 Å². The van der Waals surface area contributed by atoms with Gasteiger partial charge in [-0.3, -0.25) is 4.79 Å². The zero-order valence-corrected chi connectivity index (χ0v) is 24.6. The number of alkyl halides is 3. The molecular formula is C25H27ClF3N7O2S2. The first-order valence-corrected chi connectivity index (χ1v) is 14.4. The number of halogens is 4. The minimum Gasteiger partial charge on any atom is -0.481 e. The lowest BCUT2D eigenvalue weighted by molar-refractivity contribution is -0.135. The highest BCUT2D eigenvalue weighted by Crippen LogP contribution is 2.39. The molecule has 1 unspecified atom stereocenters. The Kier molecular flexibility index (Phi) is 7.97. The molecule has 9 nitrogen and oxygen atoms in total. The Bertz CT molecular complexity index is 1530. The van der Waals surface area contributed by atoms with Crippen LogP contribution in [0.15, 0.2) is 23.6 Å². The summed E-state index contributed by atoms with van der Waals surface area (Å²) in [5.41, 5.74) is 2.93. The molecule has 0 aromatic carbocycles. The normalized spacial score (nSPS) is 15.6. The number of ether oxygens (including phenoxy) is 1. The van der Waals surface area contributed by atoms with Gasteiger partial charge in [-0.1, -0.05) is 22.9 Å². The fraction of sp³-hybridized carbons (Fsp3) is 0.440. The van der Waals surface area contributed by atoms with E-state index in [1.54, 1.807) is 16.2 Å². The van der Waals surface area contributed by atoms with Gasteiger partial charge in [0.05, 0.1) is 11.4 Å². The third-order valence-electron chi connectivity index (χ3n) is 6.30. The molecule has 1 amide bonds. The van der Waals surface area contributed by atoms with E-state index in [-0.39, 0.29) is 29.2 Å². The van der Waals surface area contributed by atoms with Crippen molar-refractivity contribution < 1.29 is 22.7 Å². The van der Waals surface area contributed by atoms with Crippen LogP contribution in [0.2, 0.25) is 5.15 Å². The van der Waals surface area contributed by atoms with E-state index in [9.17, 15) is 18.0 Å². The van der Waals surface area contributed by atoms with E-state index >= 15 is 0 Å². The van der Waals surface area contributed by atoms with Crippen molar-refractivity contribution in [3.63, 3.8) is 0 Å². The van der Waals surface area contributed by atoms with E-state index in [1.165, 1.54) is 30.5 Å². The molecule has 0 aliphatic carbocycles. The second kappa shape index (κ2) is 11.1. The maximum Gasteiger partial charge on any atom is 0.405 e. The zero-order valence-electron chi connectivity index (χ0n) is 22.2. The van der Waals surface area contributed by atoms with Crippen LogP contribution >= 0.6 is 34.3 Å². The molecule has 0 radical (unpaired) electrons. The van der Waals surface area contributed by atoms with Crippen LogP contribution < -0.4 is 9.64 Å². The summed E-state index contributed by atoms with van der Waals surface area (Å²) in [4.78, 5) is 29.0. The van der Waals surface area contributed by atoms with Crippen molar-refractivity contribution in [3.05, 3.63) is 55.6 Å². The minimum absolute atomic E-state index is 0.0409. The van der Waals surface area contributed by atoms with E-state index in [0.29, 0.717) is 13.0 Å². The predicted molar refractivity (Wildman–Crippen MR) is 149 cm³/mol. The zero-order chi connectivity index (χ0) is 28.8. The highest BCUT2D eigenvalue weighted by molar-refractivity contribution is 7.16. The van der Waals surface area contributed by atoms with Crippen molar-refractivity contribution in [3.8, 4) is 5.75 Å². The van der Waals surface area contributed by atoms with Crippen LogP contribution in [0.5, 0.6) is 5.75 Å². The summed E-state index contributed by atoms with van der Waals surface area (Å²) < 4.78 is 45.8. The van der Waals surface area contributed by atoms with Gasteiger partial charge in [0.1, 0.15) is 23.4 Å². The maximum absolute atomic E-state index is 13.6. The van der Waals surface area contributed by atoms with Gasteiger partial charge in [0.2, 0.25) is 4.96 Å². The van der Waals surface area contributed by atoms with E-state index in [0.717, 1.165) is 43.2 Å². The first-order chi connectivity index (χ1) is 18.9. The van der Waals surface area contributed by atoms with Gasteiger partial charge in [-0.2, -0.15) is 18.3 Å². The van der Waals surface area contributed by atoms with E-state index < -0.39 is 18.8 Å². The summed E-state index contributed by atoms with van der Waals surface area (Å²) in [6.45, 7) is 1.64. The summed E-state index contributed by atoms with van der Waals surface area (Å²) in [6.07, 6.45) is -3.81. The Morgan fingerprint density at radius 1 is 1.25 bits per heavy atom. The number of aromatic nitrogens is 4. The lowest BCUT2D eigenvalue weighted by atomic mass is 10.0. The van der Waals surface area contributed by atoms with Gasteiger partial charge in [-0.15, -0.1) is 11.3 Å². The Morgan fingerprint density at radius 3 is 2.73 bits per heavy atom. The SMILES string of the molecule is Cc1nn2c3c(nc2s1)CCN(C(=O)COc1ccc(N(C)CC(F)(F)F)nc1Cl)C3c1cc(CN(C)C)cs1. The first-order valence-electron chi connectivity index (χ1n) is 12.3. The molecule has 4 aromatic rings. The first kappa shape index (κ1) is 28.6. The number of rotatable bonds is 8. The molecule has 0 fully saturated rings. The van der Waals surface area contributed by atoms with Gasteiger partial charge in [0.25, 0.3) is 5.91 Å². The van der Waals surface area contributed by atoms with Gasteiger partial charge >= 0.3 is 6.18 Å². The van der Waals surface area contributed by atoms with Crippen molar-refractivity contribution in [2.75, 3.05) is 45.7 Å². The number of imidazole rings is 1. The number of amides is 1. The molecule has 1 aliphatic heterocycles. The van der Waals surface area contributed by atoms with Crippen molar-refractivity contribution in [1.29, 1.82) is 0 Å². The predicted octanol–water partition coefficient (Wildman–Crippen LogP) is 4.82. The van der Waals surface area contributed by atoms with Crippen molar-refractivity contribution in [2.45, 2.75) is 32.1 Å². The Balaban J connectivity index is 1.39. The number of hydrogen-bond acceptors (Lipinski definition) is 9. The molecular weight excluding hydrogens is 587 g/mol. The fourth-order valence-electron chi connectivity index (χ4n) is 4.71. The number of fused-ring (bicyclic) bond motifs is 3. The van der Waals surface area contributed by atoms with Crippen molar-refractivity contribution in [2.24, 2.45) is 0 Å². The fourth-order valence-corrected chi connectivity index (χ4v) is 6.70. The molecule has 4 aromatic heterocycles. The third-order valence-corrected chi connectivity index (χ3v) is 8.43. The molecule has 214 valence electrons. The summed E-state index contributed by atoms with van der Waals surface area (Å²) in [7, 11) is 5.28. The second-order valence-corrected chi connectivity index (χ2v) is 12.3. The summed E-state index contributed by atoms with van der Waals surface area (Å²) in [6, 6.07) is 4.51. The third kappa shape index (κ3) is 6.04. The Hall–Kier alpha value is -2.94. The summed E-state index contributed by atoms with van der Waals surface area (Å²) >= 11 is 9.30. The molecule has 0 saturated carbocycles. The standard InChI is InChI=1S/C25H27ClF3N7O2S2/c1-14-32-36-21-16(30-24(36)40-14)7-8-35(22(21)18-9-15(12-39-18)10-33(2)3)20(37)11-38-17-5-6-19(31-23(17)26)34(4)13-25(27,28)29/h5-6,9,12,22H,7-8,10-11,13H2,1-4H3. The number of hydrogen-bond donors (Lipinski definition) is 0. The molecule has 1 aliphatic rings. The second-order valence-electron chi connectivity index (χ2n) is 9.81. The maximum atomic E-state index is 13.6. The number of anilines is 1. The van der Waals surface area contributed by atoms with Crippen molar-refractivity contribution in [1.82, 2.24) is 29.4 Å². The van der Waals surface area contributed by atoms with E-state index in [1.807, 2.05) is 25.5 Å². The lowest BCUT2D eigenvalue weighted by Gasteiger charge is -2.34. The lowest BCUT2D eigenvalue weighted by Crippen LogP contribution is -2.43. The molecule has 0 bridgehead atoms. The quantitative estimate of drug-likeness (QED) is 0.264. The van der Waals surface area contributed by atoms with Crippen LogP contribution in [0.4, 0.5) is 19.0 Å². The monoisotopic (exact) mass is 613 g/mol. The molecule has 0 saturated heterocycles. The van der Waals surface area contributed by atoms with Gasteiger partial charge < -0.3 is 19.4 Å². The number of carbonyl (C=O) groups excluding carboxylic acids is 1. The average Bonchev–Trinajstić information content (AvgIpc) is 3.55. The average molecular weight is 614 g/mol. The molecule has 15 heteroatoms. The van der Waals surface area contributed by atoms with E-state index in [4.69, 9.17) is 21.3 Å². The van der Waals surface area contributed by atoms with Gasteiger partial charge in [-0.05, 0) is 50.2 Å². The summed E-state index contributed by atoms with van der Waals surface area (Å²) in [5.74, 6) is -0.117. The van der Waals surface area contributed by atoms with E-state index in [2.05, 4.69) is 26.4 Å². The molecule has 0 N–H and O–H groups in total. The largest absolute Gasteiger partial charge is 0.481 e. The van der Waals surface area contributed by atoms with Crippen LogP contribution in [0.3, 0.4) is 0 Å². The highest BCUT2D eigenvalue weighted by Gasteiger charge is 2.38. The van der Waals surface area contributed by atoms with Crippen LogP contribution in [-0.2, 0) is 17.8 Å². The number of aryl methyl sites for hydroxylation is 1.